The highest BCUT2D eigenvalue weighted by atomic mass is 35.5. The van der Waals surface area contributed by atoms with Gasteiger partial charge in [-0.05, 0) is 24.6 Å². The zero-order valence-corrected chi connectivity index (χ0v) is 16.1. The molecule has 0 aliphatic carbocycles. The van der Waals surface area contributed by atoms with Crippen molar-refractivity contribution >= 4 is 29.1 Å². The summed E-state index contributed by atoms with van der Waals surface area (Å²) in [7, 11) is 0. The summed E-state index contributed by atoms with van der Waals surface area (Å²) in [6.45, 7) is 2.05. The summed E-state index contributed by atoms with van der Waals surface area (Å²) in [6.07, 6.45) is 1.71. The van der Waals surface area contributed by atoms with E-state index in [2.05, 4.69) is 5.16 Å². The first-order chi connectivity index (χ1) is 13.1. The Labute approximate surface area is 166 Å². The zero-order valence-electron chi connectivity index (χ0n) is 14.6. The molecule has 0 N–H and O–H groups in total. The van der Waals surface area contributed by atoms with Crippen molar-refractivity contribution in [2.24, 2.45) is 0 Å². The molecule has 27 heavy (non-hydrogen) atoms. The van der Waals surface area contributed by atoms with Crippen molar-refractivity contribution in [1.82, 2.24) is 19.8 Å². The molecule has 0 spiro atoms. The van der Waals surface area contributed by atoms with Crippen LogP contribution >= 0.6 is 23.2 Å². The molecule has 3 aromatic rings. The molecule has 8 heteroatoms. The Morgan fingerprint density at radius 1 is 1.19 bits per heavy atom. The lowest BCUT2D eigenvalue weighted by Crippen LogP contribution is -2.30. The Morgan fingerprint density at radius 2 is 2.07 bits per heavy atom. The summed E-state index contributed by atoms with van der Waals surface area (Å²) in [5, 5.41) is 9.32. The van der Waals surface area contributed by atoms with Gasteiger partial charge in [0.15, 0.2) is 5.15 Å². The first kappa shape index (κ1) is 18.1. The van der Waals surface area contributed by atoms with E-state index >= 15 is 0 Å². The van der Waals surface area contributed by atoms with E-state index < -0.39 is 0 Å². The normalized spacial score (nSPS) is 14.1. The summed E-state index contributed by atoms with van der Waals surface area (Å²) < 4.78 is 7.05. The average molecular weight is 405 g/mol. The van der Waals surface area contributed by atoms with Gasteiger partial charge in [-0.2, -0.15) is 5.10 Å². The van der Waals surface area contributed by atoms with Crippen molar-refractivity contribution in [3.05, 3.63) is 58.0 Å². The molecule has 0 atom stereocenters. The second-order valence-corrected chi connectivity index (χ2v) is 7.36. The van der Waals surface area contributed by atoms with Crippen molar-refractivity contribution in [2.45, 2.75) is 32.4 Å². The van der Waals surface area contributed by atoms with Gasteiger partial charge >= 0.3 is 0 Å². The van der Waals surface area contributed by atoms with Gasteiger partial charge in [-0.3, -0.25) is 9.48 Å². The van der Waals surface area contributed by atoms with Gasteiger partial charge in [0, 0.05) is 42.6 Å². The smallest absolute Gasteiger partial charge is 0.223 e. The van der Waals surface area contributed by atoms with Crippen molar-refractivity contribution in [1.29, 1.82) is 0 Å². The van der Waals surface area contributed by atoms with Gasteiger partial charge < -0.3 is 9.42 Å². The predicted octanol–water partition coefficient (Wildman–Crippen LogP) is 4.21. The van der Waals surface area contributed by atoms with Crippen LogP contribution in [0.5, 0.6) is 0 Å². The van der Waals surface area contributed by atoms with Crippen LogP contribution in [0.15, 0.2) is 40.9 Å². The molecule has 0 saturated heterocycles. The Kier molecular flexibility index (Phi) is 5.18. The number of rotatable bonds is 4. The highest BCUT2D eigenvalue weighted by molar-refractivity contribution is 6.30. The van der Waals surface area contributed by atoms with Gasteiger partial charge in [-0.15, -0.1) is 0 Å². The maximum Gasteiger partial charge on any atom is 0.223 e. The Balaban J connectivity index is 1.46. The van der Waals surface area contributed by atoms with Gasteiger partial charge in [-0.1, -0.05) is 40.5 Å². The maximum atomic E-state index is 12.6. The summed E-state index contributed by atoms with van der Waals surface area (Å²) in [4.78, 5) is 14.5. The minimum Gasteiger partial charge on any atom is -0.360 e. The molecular weight excluding hydrogens is 387 g/mol. The van der Waals surface area contributed by atoms with Crippen LogP contribution < -0.4 is 0 Å². The van der Waals surface area contributed by atoms with Crippen molar-refractivity contribution in [3.63, 3.8) is 0 Å². The van der Waals surface area contributed by atoms with Crippen LogP contribution in [0.1, 0.15) is 24.3 Å². The summed E-state index contributed by atoms with van der Waals surface area (Å²) in [5.74, 6) is 0.706. The van der Waals surface area contributed by atoms with Crippen LogP contribution in [0.2, 0.25) is 10.2 Å². The van der Waals surface area contributed by atoms with Crippen molar-refractivity contribution in [2.75, 3.05) is 6.54 Å². The largest absolute Gasteiger partial charge is 0.360 e. The van der Waals surface area contributed by atoms with Gasteiger partial charge in [0.25, 0.3) is 0 Å². The number of hydrogen-bond donors (Lipinski definition) is 0. The first-order valence-corrected chi connectivity index (χ1v) is 9.55. The molecule has 1 aliphatic rings. The van der Waals surface area contributed by atoms with Crippen LogP contribution in [0.4, 0.5) is 0 Å². The molecule has 1 aromatic carbocycles. The molecule has 3 heterocycles. The summed E-state index contributed by atoms with van der Waals surface area (Å²) >= 11 is 11.8. The first-order valence-electron chi connectivity index (χ1n) is 8.80. The van der Waals surface area contributed by atoms with Crippen LogP contribution in [0.25, 0.3) is 11.3 Å². The van der Waals surface area contributed by atoms with E-state index in [4.69, 9.17) is 32.8 Å². The molecule has 4 rings (SSSR count). The fraction of sp³-hybridized carbons (Fsp3) is 0.316. The molecule has 0 radical (unpaired) electrons. The van der Waals surface area contributed by atoms with E-state index in [1.807, 2.05) is 39.9 Å². The molecule has 2 aromatic heterocycles. The third-order valence-corrected chi connectivity index (χ3v) is 5.02. The Bertz CT molecular complexity index is 966. The van der Waals surface area contributed by atoms with E-state index in [1.165, 1.54) is 0 Å². The number of amides is 1. The molecule has 1 amide bonds. The Hall–Kier alpha value is -2.31. The lowest BCUT2D eigenvalue weighted by atomic mass is 10.1. The minimum absolute atomic E-state index is 0.0847. The Morgan fingerprint density at radius 3 is 2.85 bits per heavy atom. The molecular formula is C19H18Cl2N4O2. The van der Waals surface area contributed by atoms with Gasteiger partial charge in [0.1, 0.15) is 5.76 Å². The summed E-state index contributed by atoms with van der Waals surface area (Å²) in [5.41, 5.74) is 2.87. The maximum absolute atomic E-state index is 12.6. The molecule has 6 nitrogen and oxygen atoms in total. The third kappa shape index (κ3) is 4.17. The molecule has 0 fully saturated rings. The number of halogens is 2. The van der Waals surface area contributed by atoms with Crippen LogP contribution in [0, 0.1) is 0 Å². The standard InChI is InChI=1S/C19H18Cl2N4O2/c20-14-4-1-3-13(9-14)17-10-15-12-24(7-2-8-25(15)22-17)19(26)6-5-16-11-18(21)23-27-16/h1,3-4,9-11H,2,5-8,12H2. The quantitative estimate of drug-likeness (QED) is 0.653. The lowest BCUT2D eigenvalue weighted by molar-refractivity contribution is -0.131. The SMILES string of the molecule is O=C(CCc1cc(Cl)no1)N1CCCn2nc(-c3cccc(Cl)c3)cc2C1. The van der Waals surface area contributed by atoms with Gasteiger partial charge in [0.05, 0.1) is 17.9 Å². The number of carbonyl (C=O) groups is 1. The number of carbonyl (C=O) groups excluding carboxylic acids is 1. The number of fused-ring (bicyclic) bond motifs is 1. The number of aromatic nitrogens is 3. The van der Waals surface area contributed by atoms with Crippen LogP contribution in [-0.4, -0.2) is 32.3 Å². The number of hydrogen-bond acceptors (Lipinski definition) is 4. The molecule has 140 valence electrons. The van der Waals surface area contributed by atoms with E-state index in [0.29, 0.717) is 41.9 Å². The van der Waals surface area contributed by atoms with Gasteiger partial charge in [0.2, 0.25) is 5.91 Å². The molecule has 0 bridgehead atoms. The highest BCUT2D eigenvalue weighted by Crippen LogP contribution is 2.24. The third-order valence-electron chi connectivity index (χ3n) is 4.60. The lowest BCUT2D eigenvalue weighted by Gasteiger charge is -2.19. The van der Waals surface area contributed by atoms with Crippen LogP contribution in [-0.2, 0) is 24.3 Å². The van der Waals surface area contributed by atoms with Crippen molar-refractivity contribution < 1.29 is 9.32 Å². The summed E-state index contributed by atoms with van der Waals surface area (Å²) in [6, 6.07) is 11.3. The topological polar surface area (TPSA) is 64.2 Å². The highest BCUT2D eigenvalue weighted by Gasteiger charge is 2.21. The van der Waals surface area contributed by atoms with E-state index in [0.717, 1.165) is 29.9 Å². The fourth-order valence-corrected chi connectivity index (χ4v) is 3.60. The number of nitrogens with zero attached hydrogens (tertiary/aromatic N) is 4. The molecule has 0 unspecified atom stereocenters. The van der Waals surface area contributed by atoms with Crippen LogP contribution in [0.3, 0.4) is 0 Å². The van der Waals surface area contributed by atoms with Crippen molar-refractivity contribution in [3.8, 4) is 11.3 Å². The monoisotopic (exact) mass is 404 g/mol. The average Bonchev–Trinajstić information content (AvgIpc) is 3.20. The van der Waals surface area contributed by atoms with E-state index in [9.17, 15) is 4.79 Å². The number of aryl methyl sites for hydroxylation is 2. The zero-order chi connectivity index (χ0) is 18.8. The van der Waals surface area contributed by atoms with Gasteiger partial charge in [-0.25, -0.2) is 0 Å². The molecule has 1 aliphatic heterocycles. The number of benzene rings is 1. The van der Waals surface area contributed by atoms with E-state index in [-0.39, 0.29) is 5.91 Å². The minimum atomic E-state index is 0.0847. The second-order valence-electron chi connectivity index (χ2n) is 6.54. The van der Waals surface area contributed by atoms with E-state index in [1.54, 1.807) is 6.07 Å². The fourth-order valence-electron chi connectivity index (χ4n) is 3.26. The predicted molar refractivity (Wildman–Crippen MR) is 103 cm³/mol. The second kappa shape index (κ2) is 7.74. The molecule has 0 saturated carbocycles.